The Hall–Kier alpha value is -1.73. The van der Waals surface area contributed by atoms with Gasteiger partial charge in [-0.1, -0.05) is 11.6 Å². The summed E-state index contributed by atoms with van der Waals surface area (Å²) in [7, 11) is 1.70. The average molecular weight is 332 g/mol. The van der Waals surface area contributed by atoms with Gasteiger partial charge in [0, 0.05) is 26.3 Å². The normalized spacial score (nSPS) is 12.6. The van der Waals surface area contributed by atoms with Crippen LogP contribution in [0.5, 0.6) is 0 Å². The second-order valence-electron chi connectivity index (χ2n) is 5.90. The lowest BCUT2D eigenvalue weighted by Crippen LogP contribution is -2.41. The lowest BCUT2D eigenvalue weighted by Gasteiger charge is -2.20. The highest BCUT2D eigenvalue weighted by molar-refractivity contribution is 6.31. The minimum atomic E-state index is -0.924. The first-order chi connectivity index (χ1) is 10.1. The number of hydrogen-bond donors (Lipinski definition) is 3. The zero-order valence-electron chi connectivity index (χ0n) is 13.1. The molecule has 0 aliphatic rings. The van der Waals surface area contributed by atoms with Crippen molar-refractivity contribution in [2.24, 2.45) is 7.05 Å². The van der Waals surface area contributed by atoms with Crippen LogP contribution in [0, 0.1) is 0 Å². The Morgan fingerprint density at radius 3 is 2.45 bits per heavy atom. The fourth-order valence-electron chi connectivity index (χ4n) is 1.64. The second-order valence-corrected chi connectivity index (χ2v) is 6.34. The van der Waals surface area contributed by atoms with Gasteiger partial charge in [0.2, 0.25) is 0 Å². The lowest BCUT2D eigenvalue weighted by molar-refractivity contribution is 0.0492. The summed E-state index contributed by atoms with van der Waals surface area (Å²) >= 11 is 5.80. The Balaban J connectivity index is 2.34. The Kier molecular flexibility index (Phi) is 6.25. The third-order valence-corrected chi connectivity index (χ3v) is 2.79. The Bertz CT molecular complexity index is 537. The highest BCUT2D eigenvalue weighted by atomic mass is 35.5. The molecule has 0 saturated heterocycles. The summed E-state index contributed by atoms with van der Waals surface area (Å²) in [5, 5.41) is 15.2. The number of alkyl carbamates (subject to hydrolysis) is 1. The van der Waals surface area contributed by atoms with Gasteiger partial charge in [-0.2, -0.15) is 0 Å². The summed E-state index contributed by atoms with van der Waals surface area (Å²) in [5.41, 5.74) is -0.216. The zero-order valence-corrected chi connectivity index (χ0v) is 13.9. The van der Waals surface area contributed by atoms with E-state index in [4.69, 9.17) is 16.3 Å². The predicted molar refractivity (Wildman–Crippen MR) is 83.0 cm³/mol. The van der Waals surface area contributed by atoms with E-state index in [1.54, 1.807) is 38.6 Å². The average Bonchev–Trinajstić information content (AvgIpc) is 2.70. The van der Waals surface area contributed by atoms with Gasteiger partial charge in [-0.05, 0) is 26.8 Å². The van der Waals surface area contributed by atoms with E-state index in [2.05, 4.69) is 10.6 Å². The smallest absolute Gasteiger partial charge is 0.407 e. The van der Waals surface area contributed by atoms with Crippen molar-refractivity contribution in [2.45, 2.75) is 32.5 Å². The lowest BCUT2D eigenvalue weighted by atomic mass is 10.2. The second kappa shape index (κ2) is 7.51. The van der Waals surface area contributed by atoms with Crippen molar-refractivity contribution in [1.29, 1.82) is 0 Å². The third kappa shape index (κ3) is 6.36. The molecule has 0 aliphatic carbocycles. The highest BCUT2D eigenvalue weighted by Crippen LogP contribution is 2.12. The van der Waals surface area contributed by atoms with E-state index in [1.807, 2.05) is 0 Å². The maximum Gasteiger partial charge on any atom is 0.407 e. The van der Waals surface area contributed by atoms with Crippen LogP contribution in [0.3, 0.4) is 0 Å². The molecule has 0 unspecified atom stereocenters. The van der Waals surface area contributed by atoms with Crippen LogP contribution in [0.25, 0.3) is 0 Å². The summed E-state index contributed by atoms with van der Waals surface area (Å²) in [4.78, 5) is 23.3. The Morgan fingerprint density at radius 2 is 1.95 bits per heavy atom. The molecule has 3 N–H and O–H groups in total. The van der Waals surface area contributed by atoms with E-state index < -0.39 is 17.8 Å². The van der Waals surface area contributed by atoms with Crippen LogP contribution in [0.2, 0.25) is 5.02 Å². The largest absolute Gasteiger partial charge is 0.444 e. The summed E-state index contributed by atoms with van der Waals surface area (Å²) in [6, 6.07) is 1.53. The van der Waals surface area contributed by atoms with E-state index in [1.165, 1.54) is 6.07 Å². The van der Waals surface area contributed by atoms with Crippen molar-refractivity contribution < 1.29 is 19.4 Å². The fraction of sp³-hybridized carbons (Fsp3) is 0.571. The number of aromatic nitrogens is 1. The summed E-state index contributed by atoms with van der Waals surface area (Å²) < 4.78 is 6.62. The van der Waals surface area contributed by atoms with Gasteiger partial charge in [-0.15, -0.1) is 0 Å². The number of aliphatic hydroxyl groups excluding tert-OH is 1. The monoisotopic (exact) mass is 331 g/mol. The van der Waals surface area contributed by atoms with Crippen molar-refractivity contribution in [3.8, 4) is 0 Å². The third-order valence-electron chi connectivity index (χ3n) is 2.58. The molecule has 0 fully saturated rings. The van der Waals surface area contributed by atoms with Crippen LogP contribution in [0.4, 0.5) is 4.79 Å². The van der Waals surface area contributed by atoms with Crippen LogP contribution in [0.1, 0.15) is 31.3 Å². The van der Waals surface area contributed by atoms with Crippen LogP contribution >= 0.6 is 11.6 Å². The first-order valence-electron chi connectivity index (χ1n) is 6.83. The molecule has 2 amide bonds. The molecule has 0 saturated carbocycles. The number of hydrogen-bond acceptors (Lipinski definition) is 4. The van der Waals surface area contributed by atoms with Gasteiger partial charge in [0.05, 0.1) is 11.1 Å². The zero-order chi connectivity index (χ0) is 16.9. The summed E-state index contributed by atoms with van der Waals surface area (Å²) in [5.74, 6) is -0.356. The molecule has 1 atom stereocenters. The van der Waals surface area contributed by atoms with Crippen LogP contribution in [-0.2, 0) is 11.8 Å². The molecule has 1 rings (SSSR count). The molecule has 0 spiro atoms. The van der Waals surface area contributed by atoms with Crippen molar-refractivity contribution in [3.63, 3.8) is 0 Å². The number of carbonyl (C=O) groups excluding carboxylic acids is 2. The van der Waals surface area contributed by atoms with Crippen LogP contribution < -0.4 is 10.6 Å². The molecule has 1 aromatic heterocycles. The van der Waals surface area contributed by atoms with E-state index in [9.17, 15) is 14.7 Å². The summed E-state index contributed by atoms with van der Waals surface area (Å²) in [6.07, 6.45) is 0.0658. The first kappa shape index (κ1) is 18.3. The van der Waals surface area contributed by atoms with Crippen LogP contribution in [-0.4, -0.2) is 46.5 Å². The maximum atomic E-state index is 11.9. The molecular formula is C14H22ClN3O4. The fourth-order valence-corrected chi connectivity index (χ4v) is 1.89. The molecule has 0 bridgehead atoms. The molecule has 0 aromatic carbocycles. The molecule has 7 nitrogen and oxygen atoms in total. The number of aryl methyl sites for hydroxylation is 1. The topological polar surface area (TPSA) is 92.6 Å². The van der Waals surface area contributed by atoms with E-state index in [0.717, 1.165) is 0 Å². The molecule has 1 aromatic rings. The molecule has 0 radical (unpaired) electrons. The van der Waals surface area contributed by atoms with Gasteiger partial charge in [0.25, 0.3) is 5.91 Å². The molecule has 1 heterocycles. The number of halogens is 1. The van der Waals surface area contributed by atoms with Crippen LogP contribution in [0.15, 0.2) is 12.3 Å². The van der Waals surface area contributed by atoms with Crippen molar-refractivity contribution >= 4 is 23.6 Å². The maximum absolute atomic E-state index is 11.9. The van der Waals surface area contributed by atoms with Gasteiger partial charge in [-0.25, -0.2) is 4.79 Å². The first-order valence-corrected chi connectivity index (χ1v) is 7.21. The number of amides is 2. The van der Waals surface area contributed by atoms with Gasteiger partial charge >= 0.3 is 6.09 Å². The quantitative estimate of drug-likeness (QED) is 0.758. The van der Waals surface area contributed by atoms with E-state index in [0.29, 0.717) is 10.7 Å². The number of aliphatic hydroxyl groups is 1. The van der Waals surface area contributed by atoms with Gasteiger partial charge in [-0.3, -0.25) is 4.79 Å². The number of nitrogens with one attached hydrogen (secondary N) is 2. The number of carbonyl (C=O) groups is 2. The number of nitrogens with zero attached hydrogens (tertiary/aromatic N) is 1. The summed E-state index contributed by atoms with van der Waals surface area (Å²) in [6.45, 7) is 5.21. The van der Waals surface area contributed by atoms with Crippen molar-refractivity contribution in [1.82, 2.24) is 15.2 Å². The van der Waals surface area contributed by atoms with Crippen molar-refractivity contribution in [2.75, 3.05) is 13.1 Å². The van der Waals surface area contributed by atoms with E-state index in [-0.39, 0.29) is 19.0 Å². The van der Waals surface area contributed by atoms with Crippen molar-refractivity contribution in [3.05, 3.63) is 23.0 Å². The highest BCUT2D eigenvalue weighted by Gasteiger charge is 2.17. The van der Waals surface area contributed by atoms with Gasteiger partial charge in [0.1, 0.15) is 11.3 Å². The molecule has 124 valence electrons. The molecular weight excluding hydrogens is 310 g/mol. The van der Waals surface area contributed by atoms with Gasteiger partial charge in [0.15, 0.2) is 0 Å². The molecule has 8 heteroatoms. The Morgan fingerprint density at radius 1 is 1.36 bits per heavy atom. The van der Waals surface area contributed by atoms with Gasteiger partial charge < -0.3 is 25.0 Å². The Labute approximate surface area is 134 Å². The number of rotatable bonds is 5. The minimum Gasteiger partial charge on any atom is -0.444 e. The van der Waals surface area contributed by atoms with E-state index >= 15 is 0 Å². The number of ether oxygens (including phenoxy) is 1. The predicted octanol–water partition coefficient (Wildman–Crippen LogP) is 1.29. The SMILES string of the molecule is Cn1cc(Cl)cc1C(=O)NC[C@H](O)CNC(=O)OC(C)(C)C. The molecule has 0 aliphatic heterocycles. The minimum absolute atomic E-state index is 0.00255. The molecule has 22 heavy (non-hydrogen) atoms. The standard InChI is InChI=1S/C14H22ClN3O4/c1-14(2,3)22-13(21)17-7-10(19)6-16-12(20)11-5-9(15)8-18(11)4/h5,8,10,19H,6-7H2,1-4H3,(H,16,20)(H,17,21)/t10-/m0/s1.